The van der Waals surface area contributed by atoms with Gasteiger partial charge in [0.05, 0.1) is 11.4 Å². The molecule has 2 aromatic carbocycles. The number of carbonyl (C=O) groups excluding carboxylic acids is 2. The number of hydrogen-bond acceptors (Lipinski definition) is 6. The molecule has 3 rings (SSSR count). The molecule has 9 nitrogen and oxygen atoms in total. The Morgan fingerprint density at radius 3 is 2.38 bits per heavy atom. The van der Waals surface area contributed by atoms with Crippen molar-refractivity contribution in [2.45, 2.75) is 26.4 Å². The van der Waals surface area contributed by atoms with Crippen molar-refractivity contribution in [3.05, 3.63) is 52.0 Å². The first-order valence-electron chi connectivity index (χ1n) is 10.4. The highest BCUT2D eigenvalue weighted by atomic mass is 35.5. The number of sulfonamides is 1. The molecule has 1 N–H and O–H groups in total. The van der Waals surface area contributed by atoms with Crippen molar-refractivity contribution >= 4 is 50.7 Å². The molecular weight excluding hydrogens is 505 g/mol. The van der Waals surface area contributed by atoms with E-state index in [1.54, 1.807) is 31.2 Å². The maximum Gasteiger partial charge on any atom is 0.244 e. The van der Waals surface area contributed by atoms with Crippen molar-refractivity contribution in [2.75, 3.05) is 30.4 Å². The van der Waals surface area contributed by atoms with Crippen LogP contribution in [0.25, 0.3) is 0 Å². The summed E-state index contributed by atoms with van der Waals surface area (Å²) in [6.07, 6.45) is 0. The monoisotopic (exact) mass is 529 g/mol. The first kappa shape index (κ1) is 25.9. The Labute approximate surface area is 208 Å². The third-order valence-electron chi connectivity index (χ3n) is 5.43. The van der Waals surface area contributed by atoms with Crippen molar-refractivity contribution in [1.29, 1.82) is 0 Å². The number of fused-ring (bicyclic) bond motifs is 1. The van der Waals surface area contributed by atoms with Gasteiger partial charge in [0, 0.05) is 35.3 Å². The summed E-state index contributed by atoms with van der Waals surface area (Å²) in [6, 6.07) is 8.60. The zero-order chi connectivity index (χ0) is 25.0. The summed E-state index contributed by atoms with van der Waals surface area (Å²) in [5, 5.41) is 3.15. The second kappa shape index (κ2) is 10.7. The number of nitrogens with zero attached hydrogens (tertiary/aromatic N) is 2. The van der Waals surface area contributed by atoms with Crippen LogP contribution in [-0.2, 0) is 26.2 Å². The van der Waals surface area contributed by atoms with E-state index in [0.29, 0.717) is 27.1 Å². The third kappa shape index (κ3) is 5.51. The molecule has 0 spiro atoms. The molecule has 1 aliphatic rings. The molecule has 0 unspecified atom stereocenters. The van der Waals surface area contributed by atoms with E-state index in [1.807, 2.05) is 0 Å². The molecule has 0 radical (unpaired) electrons. The minimum atomic E-state index is -3.86. The third-order valence-corrected chi connectivity index (χ3v) is 7.88. The molecule has 1 heterocycles. The summed E-state index contributed by atoms with van der Waals surface area (Å²) in [5.74, 6) is -0.422. The van der Waals surface area contributed by atoms with Gasteiger partial charge in [-0.3, -0.25) is 13.9 Å². The molecule has 2 aromatic rings. The number of halogens is 2. The number of carbonyl (C=O) groups is 2. The topological polar surface area (TPSA) is 105 Å². The average molecular weight is 530 g/mol. The van der Waals surface area contributed by atoms with Crippen LogP contribution in [0.5, 0.6) is 11.5 Å². The van der Waals surface area contributed by atoms with Crippen molar-refractivity contribution < 1.29 is 27.5 Å². The van der Waals surface area contributed by atoms with Crippen LogP contribution in [-0.4, -0.2) is 57.3 Å². The van der Waals surface area contributed by atoms with Crippen LogP contribution in [0.4, 0.5) is 5.69 Å². The Balaban J connectivity index is 1.98. The highest BCUT2D eigenvalue weighted by molar-refractivity contribution is 7.92. The van der Waals surface area contributed by atoms with E-state index in [2.05, 4.69) is 5.32 Å². The van der Waals surface area contributed by atoms with Crippen LogP contribution in [0.3, 0.4) is 0 Å². The number of anilines is 1. The van der Waals surface area contributed by atoms with Gasteiger partial charge in [0.1, 0.15) is 12.6 Å². The molecule has 0 fully saturated rings. The van der Waals surface area contributed by atoms with E-state index >= 15 is 0 Å². The summed E-state index contributed by atoms with van der Waals surface area (Å²) in [4.78, 5) is 27.2. The number of hydrogen-bond donors (Lipinski definition) is 1. The number of benzene rings is 2. The molecule has 12 heteroatoms. The normalized spacial score (nSPS) is 13.3. The van der Waals surface area contributed by atoms with E-state index in [-0.39, 0.29) is 24.8 Å². The maximum absolute atomic E-state index is 13.5. The van der Waals surface area contributed by atoms with Crippen molar-refractivity contribution in [3.63, 3.8) is 0 Å². The molecule has 0 saturated carbocycles. The molecule has 0 aliphatic carbocycles. The molecule has 0 bridgehead atoms. The lowest BCUT2D eigenvalue weighted by molar-refractivity contribution is -0.139. The number of ether oxygens (including phenoxy) is 2. The minimum absolute atomic E-state index is 0.0221. The van der Waals surface area contributed by atoms with Crippen LogP contribution >= 0.6 is 23.2 Å². The van der Waals surface area contributed by atoms with Crippen LogP contribution < -0.4 is 19.1 Å². The number of nitrogens with one attached hydrogen (secondary N) is 1. The van der Waals surface area contributed by atoms with E-state index in [4.69, 9.17) is 32.7 Å². The lowest BCUT2D eigenvalue weighted by Gasteiger charge is -2.32. The Hall–Kier alpha value is -2.69. The first-order valence-corrected chi connectivity index (χ1v) is 12.8. The van der Waals surface area contributed by atoms with Crippen molar-refractivity contribution in [2.24, 2.45) is 0 Å². The largest absolute Gasteiger partial charge is 0.454 e. The van der Waals surface area contributed by atoms with Gasteiger partial charge in [0.25, 0.3) is 0 Å². The fourth-order valence-electron chi connectivity index (χ4n) is 3.41. The molecule has 0 aromatic heterocycles. The molecular formula is C22H25Cl2N3O6S. The number of amides is 2. The van der Waals surface area contributed by atoms with Gasteiger partial charge in [-0.1, -0.05) is 29.3 Å². The fraction of sp³-hybridized carbons (Fsp3) is 0.364. The minimum Gasteiger partial charge on any atom is -0.454 e. The van der Waals surface area contributed by atoms with E-state index < -0.39 is 34.4 Å². The summed E-state index contributed by atoms with van der Waals surface area (Å²) in [5.41, 5.74) is 0.686. The van der Waals surface area contributed by atoms with Crippen molar-refractivity contribution in [1.82, 2.24) is 10.2 Å². The molecule has 1 atom stereocenters. The Morgan fingerprint density at radius 1 is 1.12 bits per heavy atom. The lowest BCUT2D eigenvalue weighted by Crippen LogP contribution is -2.51. The van der Waals surface area contributed by atoms with Gasteiger partial charge in [0.15, 0.2) is 11.5 Å². The van der Waals surface area contributed by atoms with Gasteiger partial charge >= 0.3 is 0 Å². The summed E-state index contributed by atoms with van der Waals surface area (Å²) < 4.78 is 37.5. The van der Waals surface area contributed by atoms with Gasteiger partial charge in [-0.15, -0.1) is 0 Å². The Morgan fingerprint density at radius 2 is 1.76 bits per heavy atom. The van der Waals surface area contributed by atoms with Crippen LogP contribution in [0.15, 0.2) is 36.4 Å². The summed E-state index contributed by atoms with van der Waals surface area (Å²) >= 11 is 12.6. The van der Waals surface area contributed by atoms with Gasteiger partial charge in [-0.2, -0.15) is 0 Å². The SMILES string of the molecule is CCS(=O)(=O)N(CC(=O)N(Cc1c(Cl)cccc1Cl)[C@H](C)C(=O)NC)c1ccc2c(c1)OCO2. The number of likely N-dealkylation sites (N-methyl/N-ethyl adjacent to an activating group) is 1. The van der Waals surface area contributed by atoms with Crippen LogP contribution in [0.1, 0.15) is 19.4 Å². The summed E-state index contributed by atoms with van der Waals surface area (Å²) in [6.45, 7) is 2.41. The highest BCUT2D eigenvalue weighted by Crippen LogP contribution is 2.36. The van der Waals surface area contributed by atoms with Crippen molar-refractivity contribution in [3.8, 4) is 11.5 Å². The zero-order valence-electron chi connectivity index (χ0n) is 18.9. The van der Waals surface area contributed by atoms with Gasteiger partial charge < -0.3 is 19.7 Å². The second-order valence-electron chi connectivity index (χ2n) is 7.46. The van der Waals surface area contributed by atoms with E-state index in [0.717, 1.165) is 4.31 Å². The quantitative estimate of drug-likeness (QED) is 0.535. The molecule has 2 amide bonds. The van der Waals surface area contributed by atoms with Crippen LogP contribution in [0, 0.1) is 0 Å². The number of rotatable bonds is 9. The van der Waals surface area contributed by atoms with Gasteiger partial charge in [-0.25, -0.2) is 8.42 Å². The highest BCUT2D eigenvalue weighted by Gasteiger charge is 2.32. The fourth-order valence-corrected chi connectivity index (χ4v) is 4.98. The predicted molar refractivity (Wildman–Crippen MR) is 130 cm³/mol. The van der Waals surface area contributed by atoms with Gasteiger partial charge in [-0.05, 0) is 38.1 Å². The second-order valence-corrected chi connectivity index (χ2v) is 10.5. The predicted octanol–water partition coefficient (Wildman–Crippen LogP) is 3.04. The molecule has 34 heavy (non-hydrogen) atoms. The smallest absolute Gasteiger partial charge is 0.244 e. The Bertz CT molecular complexity index is 1170. The van der Waals surface area contributed by atoms with E-state index in [9.17, 15) is 18.0 Å². The lowest BCUT2D eigenvalue weighted by atomic mass is 10.1. The average Bonchev–Trinajstić information content (AvgIpc) is 3.29. The molecule has 0 saturated heterocycles. The standard InChI is InChI=1S/C22H25Cl2N3O6S/c1-4-34(30,31)27(15-8-9-19-20(10-15)33-13-32-19)12-21(28)26(14(2)22(29)25-3)11-16-17(23)6-5-7-18(16)24/h5-10,14H,4,11-13H2,1-3H3,(H,25,29)/t14-/m1/s1. The first-order chi connectivity index (χ1) is 16.1. The summed E-state index contributed by atoms with van der Waals surface area (Å²) in [7, 11) is -2.41. The maximum atomic E-state index is 13.5. The van der Waals surface area contributed by atoms with Crippen LogP contribution in [0.2, 0.25) is 10.0 Å². The Kier molecular flexibility index (Phi) is 8.17. The zero-order valence-corrected chi connectivity index (χ0v) is 21.2. The molecule has 1 aliphatic heterocycles. The molecule has 184 valence electrons. The van der Waals surface area contributed by atoms with E-state index in [1.165, 1.54) is 31.0 Å². The van der Waals surface area contributed by atoms with Gasteiger partial charge in [0.2, 0.25) is 28.6 Å².